The largest absolute Gasteiger partial charge is 0.437 e. The van der Waals surface area contributed by atoms with E-state index < -0.39 is 11.7 Å². The smallest absolute Gasteiger partial charge is 0.298 e. The third kappa shape index (κ3) is 3.64. The maximum atomic E-state index is 10.8. The molecule has 3 rings (SSSR count). The second-order valence-corrected chi connectivity index (χ2v) is 13.2. The van der Waals surface area contributed by atoms with Crippen molar-refractivity contribution in [1.29, 1.82) is 0 Å². The van der Waals surface area contributed by atoms with Crippen LogP contribution in [-0.2, 0) is 20.9 Å². The molecule has 1 saturated carbocycles. The number of nitrogens with zero attached hydrogens (tertiary/aromatic N) is 1. The zero-order chi connectivity index (χ0) is 17.5. The molecular weight excluding hydrogens is 365 g/mol. The molecule has 132 valence electrons. The second kappa shape index (κ2) is 6.60. The van der Waals surface area contributed by atoms with Gasteiger partial charge in [0.1, 0.15) is 5.76 Å². The van der Waals surface area contributed by atoms with Crippen molar-refractivity contribution >= 4 is 28.9 Å². The number of allylic oxidation sites excluding steroid dienone is 2. The molecule has 0 aromatic carbocycles. The van der Waals surface area contributed by atoms with Crippen LogP contribution in [-0.4, -0.2) is 21.8 Å². The lowest BCUT2D eigenvalue weighted by molar-refractivity contribution is -0.508. The van der Waals surface area contributed by atoms with Gasteiger partial charge in [0.2, 0.25) is 6.04 Å². The van der Waals surface area contributed by atoms with Crippen LogP contribution in [0.15, 0.2) is 36.1 Å². The van der Waals surface area contributed by atoms with Crippen molar-refractivity contribution < 1.29 is 14.0 Å². The van der Waals surface area contributed by atoms with Crippen LogP contribution in [0.25, 0.3) is 0 Å². The summed E-state index contributed by atoms with van der Waals surface area (Å²) in [6.07, 6.45) is 8.34. The first-order valence-electron chi connectivity index (χ1n) is 8.07. The zero-order valence-corrected chi connectivity index (χ0v) is 16.4. The highest BCUT2D eigenvalue weighted by molar-refractivity contribution is 8.68. The van der Waals surface area contributed by atoms with E-state index in [0.29, 0.717) is 23.3 Å². The maximum Gasteiger partial charge on any atom is 0.298 e. The molecule has 0 bridgehead atoms. The molecule has 0 N–H and O–H groups in total. The van der Waals surface area contributed by atoms with Gasteiger partial charge in [-0.15, -0.1) is 0 Å². The van der Waals surface area contributed by atoms with Crippen LogP contribution in [0.1, 0.15) is 39.5 Å². The topological polar surface area (TPSA) is 61.6 Å². The van der Waals surface area contributed by atoms with Crippen molar-refractivity contribution in [3.8, 4) is 0 Å². The van der Waals surface area contributed by atoms with Crippen molar-refractivity contribution in [2.75, 3.05) is 0 Å². The Morgan fingerprint density at radius 1 is 1.67 bits per heavy atom. The summed E-state index contributed by atoms with van der Waals surface area (Å²) < 4.78 is 12.3. The molecule has 1 heterocycles. The summed E-state index contributed by atoms with van der Waals surface area (Å²) in [7, 11) is 0. The van der Waals surface area contributed by atoms with Crippen molar-refractivity contribution in [3.63, 3.8) is 0 Å². The first-order chi connectivity index (χ1) is 11.2. The van der Waals surface area contributed by atoms with Crippen molar-refractivity contribution in [2.24, 2.45) is 5.92 Å². The molecule has 3 aliphatic rings. The third-order valence-electron chi connectivity index (χ3n) is 4.97. The van der Waals surface area contributed by atoms with Gasteiger partial charge in [-0.3, -0.25) is 10.1 Å². The van der Waals surface area contributed by atoms with Crippen molar-refractivity contribution in [1.82, 2.24) is 0 Å². The van der Waals surface area contributed by atoms with E-state index in [2.05, 4.69) is 20.4 Å². The third-order valence-corrected chi connectivity index (χ3v) is 10.5. The molecule has 0 amide bonds. The molecule has 0 aromatic heterocycles. The van der Waals surface area contributed by atoms with E-state index in [1.54, 1.807) is 29.6 Å². The van der Waals surface area contributed by atoms with Crippen LogP contribution in [0.2, 0.25) is 0 Å². The molecule has 1 unspecified atom stereocenters. The summed E-state index contributed by atoms with van der Waals surface area (Å²) in [5, 5.41) is 11.1. The Hall–Kier alpha value is -0.620. The highest BCUT2D eigenvalue weighted by Gasteiger charge is 2.53. The average Bonchev–Trinajstić information content (AvgIpc) is 2.76. The quantitative estimate of drug-likeness (QED) is 0.293. The predicted octanol–water partition coefficient (Wildman–Crippen LogP) is 4.98. The van der Waals surface area contributed by atoms with Crippen LogP contribution < -0.4 is 0 Å². The normalized spacial score (nSPS) is 41.4. The van der Waals surface area contributed by atoms with Gasteiger partial charge >= 0.3 is 0 Å². The number of hydrogen-bond donors (Lipinski definition) is 0. The number of fused-ring (bicyclic) bond motifs is 1. The van der Waals surface area contributed by atoms with Gasteiger partial charge in [-0.1, -0.05) is 23.5 Å². The molecule has 2 aliphatic carbocycles. The van der Waals surface area contributed by atoms with Crippen LogP contribution >= 0.6 is 17.1 Å². The summed E-state index contributed by atoms with van der Waals surface area (Å²) in [4.78, 5) is 10.5. The van der Waals surface area contributed by atoms with E-state index in [-0.39, 0.29) is 10.5 Å². The van der Waals surface area contributed by atoms with Gasteiger partial charge in [-0.2, -0.15) is 0 Å². The van der Waals surface area contributed by atoms with Crippen LogP contribution in [0, 0.1) is 16.0 Å². The number of nitro groups is 1. The molecule has 0 radical (unpaired) electrons. The molecule has 24 heavy (non-hydrogen) atoms. The van der Waals surface area contributed by atoms with E-state index >= 15 is 0 Å². The minimum atomic E-state index is -2.48. The molecule has 0 spiro atoms. The number of rotatable bonds is 4. The van der Waals surface area contributed by atoms with Gasteiger partial charge in [-0.05, 0) is 69.1 Å². The first-order valence-corrected chi connectivity index (χ1v) is 12.2. The van der Waals surface area contributed by atoms with E-state index in [1.165, 1.54) is 5.57 Å². The fourth-order valence-electron chi connectivity index (χ4n) is 3.37. The van der Waals surface area contributed by atoms with Gasteiger partial charge in [0.25, 0.3) is 5.69 Å². The van der Waals surface area contributed by atoms with Gasteiger partial charge in [0.05, 0.1) is 5.60 Å². The minimum absolute atomic E-state index is 0.242. The number of hydrogen-bond acceptors (Lipinski definition) is 6. The lowest BCUT2D eigenvalue weighted by Crippen LogP contribution is -2.40. The average molecular weight is 387 g/mol. The molecule has 5 atom stereocenters. The Morgan fingerprint density at radius 2 is 2.42 bits per heavy atom. The summed E-state index contributed by atoms with van der Waals surface area (Å²) in [5.74, 6) is 1.12. The van der Waals surface area contributed by atoms with Gasteiger partial charge in [0, 0.05) is 16.6 Å². The van der Waals surface area contributed by atoms with E-state index in [4.69, 9.17) is 20.9 Å². The zero-order valence-electron chi connectivity index (χ0n) is 13.8. The fraction of sp³-hybridized carbons (Fsp3) is 0.625. The molecule has 1 saturated heterocycles. The second-order valence-electron chi connectivity index (χ2n) is 6.91. The molecule has 0 aromatic rings. The Bertz CT molecular complexity index is 677. The van der Waals surface area contributed by atoms with Crippen LogP contribution in [0.4, 0.5) is 0 Å². The monoisotopic (exact) mass is 387 g/mol. The molecule has 5 nitrogen and oxygen atoms in total. The molecule has 1 aliphatic heterocycles. The Labute approximate surface area is 151 Å². The Balaban J connectivity index is 1.68. The van der Waals surface area contributed by atoms with Crippen LogP contribution in [0.5, 0.6) is 0 Å². The van der Waals surface area contributed by atoms with E-state index in [1.807, 2.05) is 0 Å². The van der Waals surface area contributed by atoms with Crippen molar-refractivity contribution in [3.05, 3.63) is 46.3 Å². The highest BCUT2D eigenvalue weighted by Crippen LogP contribution is 2.75. The van der Waals surface area contributed by atoms with E-state index in [9.17, 15) is 10.1 Å². The molecule has 8 heteroatoms. The van der Waals surface area contributed by atoms with Crippen LogP contribution in [0.3, 0.4) is 0 Å². The van der Waals surface area contributed by atoms with Gasteiger partial charge in [-0.25, -0.2) is 0 Å². The fourth-order valence-corrected chi connectivity index (χ4v) is 10.3. The summed E-state index contributed by atoms with van der Waals surface area (Å²) in [6.45, 7) is 8.31. The summed E-state index contributed by atoms with van der Waals surface area (Å²) in [5.41, 5.74) is -1.50. The van der Waals surface area contributed by atoms with Gasteiger partial charge in [0.15, 0.2) is 0 Å². The summed E-state index contributed by atoms with van der Waals surface area (Å²) in [6, 6.07) is -0.676. The minimum Gasteiger partial charge on any atom is -0.437 e. The lowest BCUT2D eigenvalue weighted by atomic mass is 9.77. The SMILES string of the molecule is C=C(C)[C@@H]1CC[C@]2(C)O[P@@](=S)(OC3=CCC([N+](=O)[O-])C=C3)S[C@H]2C1. The van der Waals surface area contributed by atoms with E-state index in [0.717, 1.165) is 19.3 Å². The summed E-state index contributed by atoms with van der Waals surface area (Å²) >= 11 is 7.37. The maximum absolute atomic E-state index is 10.8. The Morgan fingerprint density at radius 3 is 3.00 bits per heavy atom. The predicted molar refractivity (Wildman–Crippen MR) is 101 cm³/mol. The molecule has 2 fully saturated rings. The standard InChI is InChI=1S/C16H22NO4PS2/c1-11(2)12-8-9-16(3)15(10-12)24-22(23,21-16)20-14-6-4-13(5-7-14)17(18)19/h4,6-7,12-13,15H,1,5,8-10H2,2-3H3/t12-,13?,15+,16+,22-/m1/s1. The lowest BCUT2D eigenvalue weighted by Gasteiger charge is -2.37. The Kier molecular flexibility index (Phi) is 5.00. The molecular formula is C16H22NO4PS2. The first kappa shape index (κ1) is 18.2. The highest BCUT2D eigenvalue weighted by atomic mass is 32.9. The van der Waals surface area contributed by atoms with Crippen molar-refractivity contribution in [2.45, 2.75) is 56.4 Å². The van der Waals surface area contributed by atoms with Gasteiger partial charge < -0.3 is 9.05 Å².